The smallest absolute Gasteiger partial charge is 0.263 e. The third-order valence-corrected chi connectivity index (χ3v) is 8.28. The standard InChI is InChI=1S/C26H28FN5O3S/c1-2-3-10-22-28-25(23-24(30-35-26(23)29-22)19-8-5-4-6-9-19)31-15-7-16-32(18-17-31)36(33,34)21-13-11-20(27)12-14-21/h4-6,8-9,11-14H,2-3,7,10,15-18H2,1H3. The Bertz CT molecular complexity index is 1440. The first-order valence-corrected chi connectivity index (χ1v) is 13.6. The molecule has 1 aliphatic rings. The van der Waals surface area contributed by atoms with Crippen LogP contribution in [0.4, 0.5) is 10.2 Å². The highest BCUT2D eigenvalue weighted by molar-refractivity contribution is 7.89. The molecule has 188 valence electrons. The maximum atomic E-state index is 13.3. The molecule has 8 nitrogen and oxygen atoms in total. The number of hydrogen-bond donors (Lipinski definition) is 0. The number of unbranched alkanes of at least 4 members (excludes halogenated alkanes) is 1. The van der Waals surface area contributed by atoms with Gasteiger partial charge in [-0.15, -0.1) is 0 Å². The zero-order chi connectivity index (χ0) is 25.1. The molecular formula is C26H28FN5O3S. The molecular weight excluding hydrogens is 481 g/mol. The van der Waals surface area contributed by atoms with Crippen molar-refractivity contribution < 1.29 is 17.3 Å². The highest BCUT2D eigenvalue weighted by Crippen LogP contribution is 2.34. The second-order valence-corrected chi connectivity index (χ2v) is 10.8. The quantitative estimate of drug-likeness (QED) is 0.358. The van der Waals surface area contributed by atoms with Gasteiger partial charge in [-0.3, -0.25) is 0 Å². The van der Waals surface area contributed by atoms with Crippen molar-refractivity contribution in [1.82, 2.24) is 19.4 Å². The second-order valence-electron chi connectivity index (χ2n) is 8.84. The summed E-state index contributed by atoms with van der Waals surface area (Å²) in [6.45, 7) is 3.82. The van der Waals surface area contributed by atoms with Gasteiger partial charge in [-0.25, -0.2) is 17.8 Å². The van der Waals surface area contributed by atoms with Crippen molar-refractivity contribution in [3.8, 4) is 11.3 Å². The topological polar surface area (TPSA) is 92.4 Å². The Kier molecular flexibility index (Phi) is 6.97. The van der Waals surface area contributed by atoms with E-state index in [4.69, 9.17) is 9.51 Å². The molecule has 10 heteroatoms. The number of anilines is 1. The molecule has 4 aromatic rings. The lowest BCUT2D eigenvalue weighted by molar-refractivity contribution is 0.433. The van der Waals surface area contributed by atoms with Crippen molar-refractivity contribution in [2.45, 2.75) is 37.5 Å². The van der Waals surface area contributed by atoms with Crippen LogP contribution in [0.5, 0.6) is 0 Å². The predicted molar refractivity (Wildman–Crippen MR) is 136 cm³/mol. The molecule has 1 fully saturated rings. The van der Waals surface area contributed by atoms with E-state index in [9.17, 15) is 12.8 Å². The Hall–Kier alpha value is -3.37. The van der Waals surface area contributed by atoms with Crippen molar-refractivity contribution >= 4 is 26.9 Å². The summed E-state index contributed by atoms with van der Waals surface area (Å²) >= 11 is 0. The van der Waals surface area contributed by atoms with Crippen LogP contribution in [0.3, 0.4) is 0 Å². The van der Waals surface area contributed by atoms with Crippen molar-refractivity contribution in [1.29, 1.82) is 0 Å². The molecule has 0 radical (unpaired) electrons. The van der Waals surface area contributed by atoms with Gasteiger partial charge in [0.05, 0.1) is 4.90 Å². The fraction of sp³-hybridized carbons (Fsp3) is 0.346. The Morgan fingerprint density at radius 2 is 1.75 bits per heavy atom. The molecule has 0 bridgehead atoms. The summed E-state index contributed by atoms with van der Waals surface area (Å²) in [6, 6.07) is 14.7. The van der Waals surface area contributed by atoms with E-state index in [0.717, 1.165) is 30.2 Å². The predicted octanol–water partition coefficient (Wildman–Crippen LogP) is 4.67. The van der Waals surface area contributed by atoms with Gasteiger partial charge in [0.2, 0.25) is 10.0 Å². The van der Waals surface area contributed by atoms with E-state index in [1.54, 1.807) is 0 Å². The molecule has 36 heavy (non-hydrogen) atoms. The minimum absolute atomic E-state index is 0.0917. The number of sulfonamides is 1. The van der Waals surface area contributed by atoms with Gasteiger partial charge < -0.3 is 9.42 Å². The van der Waals surface area contributed by atoms with Crippen LogP contribution in [-0.4, -0.2) is 54.0 Å². The average molecular weight is 510 g/mol. The molecule has 0 atom stereocenters. The maximum Gasteiger partial charge on any atom is 0.263 e. The lowest BCUT2D eigenvalue weighted by Crippen LogP contribution is -2.35. The summed E-state index contributed by atoms with van der Waals surface area (Å²) < 4.78 is 46.9. The lowest BCUT2D eigenvalue weighted by Gasteiger charge is -2.23. The summed E-state index contributed by atoms with van der Waals surface area (Å²) in [7, 11) is -3.73. The van der Waals surface area contributed by atoms with E-state index < -0.39 is 15.8 Å². The Labute approximate surface area is 209 Å². The summed E-state index contributed by atoms with van der Waals surface area (Å²) in [4.78, 5) is 11.7. The fourth-order valence-corrected chi connectivity index (χ4v) is 5.92. The molecule has 0 N–H and O–H groups in total. The third kappa shape index (κ3) is 4.83. The highest BCUT2D eigenvalue weighted by Gasteiger charge is 2.29. The molecule has 5 rings (SSSR count). The molecule has 1 saturated heterocycles. The Morgan fingerprint density at radius 3 is 2.50 bits per heavy atom. The van der Waals surface area contributed by atoms with Crippen molar-refractivity contribution in [2.24, 2.45) is 0 Å². The van der Waals surface area contributed by atoms with Crippen molar-refractivity contribution in [2.75, 3.05) is 31.1 Å². The molecule has 0 spiro atoms. The van der Waals surface area contributed by atoms with E-state index >= 15 is 0 Å². The van der Waals surface area contributed by atoms with E-state index in [-0.39, 0.29) is 11.4 Å². The summed E-state index contributed by atoms with van der Waals surface area (Å²) in [6.07, 6.45) is 3.30. The van der Waals surface area contributed by atoms with Gasteiger partial charge in [-0.2, -0.15) is 9.29 Å². The first-order valence-electron chi connectivity index (χ1n) is 12.2. The third-order valence-electron chi connectivity index (χ3n) is 6.37. The maximum absolute atomic E-state index is 13.3. The Morgan fingerprint density at radius 1 is 0.972 bits per heavy atom. The molecule has 0 saturated carbocycles. The summed E-state index contributed by atoms with van der Waals surface area (Å²) in [5.41, 5.74) is 2.01. The van der Waals surface area contributed by atoms with E-state index in [1.165, 1.54) is 28.6 Å². The minimum atomic E-state index is -3.73. The van der Waals surface area contributed by atoms with Gasteiger partial charge in [0.25, 0.3) is 5.71 Å². The van der Waals surface area contributed by atoms with Crippen LogP contribution in [0, 0.1) is 5.82 Å². The molecule has 3 heterocycles. The normalized spacial score (nSPS) is 15.3. The molecule has 2 aromatic carbocycles. The number of halogens is 1. The van der Waals surface area contributed by atoms with Crippen LogP contribution in [-0.2, 0) is 16.4 Å². The first-order chi connectivity index (χ1) is 17.5. The summed E-state index contributed by atoms with van der Waals surface area (Å²) in [5, 5.41) is 5.06. The van der Waals surface area contributed by atoms with Crippen LogP contribution in [0.25, 0.3) is 22.4 Å². The van der Waals surface area contributed by atoms with Gasteiger partial charge in [0.1, 0.15) is 28.5 Å². The van der Waals surface area contributed by atoms with Gasteiger partial charge in [-0.05, 0) is 37.1 Å². The number of rotatable bonds is 7. The zero-order valence-electron chi connectivity index (χ0n) is 20.1. The molecule has 0 aliphatic carbocycles. The van der Waals surface area contributed by atoms with Crippen molar-refractivity contribution in [3.63, 3.8) is 0 Å². The molecule has 0 unspecified atom stereocenters. The van der Waals surface area contributed by atoms with Gasteiger partial charge in [-0.1, -0.05) is 48.8 Å². The second kappa shape index (κ2) is 10.3. The van der Waals surface area contributed by atoms with Crippen LogP contribution in [0.15, 0.2) is 64.0 Å². The van der Waals surface area contributed by atoms with Gasteiger partial charge in [0.15, 0.2) is 0 Å². The summed E-state index contributed by atoms with van der Waals surface area (Å²) in [5.74, 6) is 0.938. The molecule has 0 amide bonds. The number of benzene rings is 2. The number of nitrogens with zero attached hydrogens (tertiary/aromatic N) is 5. The van der Waals surface area contributed by atoms with Crippen molar-refractivity contribution in [3.05, 3.63) is 66.2 Å². The van der Waals surface area contributed by atoms with Gasteiger partial charge in [0, 0.05) is 38.2 Å². The van der Waals surface area contributed by atoms with Gasteiger partial charge >= 0.3 is 0 Å². The average Bonchev–Trinajstić information content (AvgIpc) is 3.15. The number of fused-ring (bicyclic) bond motifs is 1. The lowest BCUT2D eigenvalue weighted by atomic mass is 10.1. The first kappa shape index (κ1) is 24.3. The minimum Gasteiger partial charge on any atom is -0.354 e. The molecule has 1 aliphatic heterocycles. The number of aromatic nitrogens is 3. The van der Waals surface area contributed by atoms with E-state index in [0.29, 0.717) is 49.1 Å². The van der Waals surface area contributed by atoms with E-state index in [1.807, 2.05) is 30.3 Å². The number of aryl methyl sites for hydroxylation is 1. The largest absolute Gasteiger partial charge is 0.354 e. The number of hydrogen-bond acceptors (Lipinski definition) is 7. The monoisotopic (exact) mass is 509 g/mol. The SMILES string of the molecule is CCCCc1nc(N2CCCN(S(=O)(=O)c3ccc(F)cc3)CC2)c2c(-c3ccccc3)noc2n1. The fourth-order valence-electron chi connectivity index (χ4n) is 4.45. The van der Waals surface area contributed by atoms with E-state index in [2.05, 4.69) is 22.0 Å². The highest BCUT2D eigenvalue weighted by atomic mass is 32.2. The zero-order valence-corrected chi connectivity index (χ0v) is 20.9. The van der Waals surface area contributed by atoms with Crippen LogP contribution in [0.2, 0.25) is 0 Å². The van der Waals surface area contributed by atoms with Crippen LogP contribution in [0.1, 0.15) is 32.0 Å². The Balaban J connectivity index is 1.50. The van der Waals surface area contributed by atoms with Crippen LogP contribution < -0.4 is 4.90 Å². The molecule has 2 aromatic heterocycles. The van der Waals surface area contributed by atoms with Crippen LogP contribution >= 0.6 is 0 Å².